The fraction of sp³-hybridized carbons (Fsp3) is 0.583. The van der Waals surface area contributed by atoms with E-state index in [1.54, 1.807) is 6.20 Å². The fourth-order valence-corrected chi connectivity index (χ4v) is 2.82. The molecule has 19 heavy (non-hydrogen) atoms. The van der Waals surface area contributed by atoms with E-state index in [-0.39, 0.29) is 23.8 Å². The van der Waals surface area contributed by atoms with Gasteiger partial charge in [-0.1, -0.05) is 0 Å². The normalized spacial score (nSPS) is 23.9. The number of carbonyl (C=O) groups excluding carboxylic acids is 2. The Hall–Kier alpha value is -1.37. The van der Waals surface area contributed by atoms with Crippen LogP contribution in [0.1, 0.15) is 18.9 Å². The summed E-state index contributed by atoms with van der Waals surface area (Å²) in [5.41, 5.74) is 0. The van der Waals surface area contributed by atoms with Crippen LogP contribution in [0.15, 0.2) is 16.9 Å². The number of piperidine rings is 1. The zero-order chi connectivity index (χ0) is 13.4. The van der Waals surface area contributed by atoms with Crippen molar-refractivity contribution in [1.82, 2.24) is 20.0 Å². The zero-order valence-electron chi connectivity index (χ0n) is 10.4. The fourth-order valence-electron chi connectivity index (χ4n) is 2.52. The van der Waals surface area contributed by atoms with Crippen LogP contribution in [-0.4, -0.2) is 46.1 Å². The van der Waals surface area contributed by atoms with E-state index in [9.17, 15) is 9.59 Å². The Kier molecular flexibility index (Phi) is 3.30. The van der Waals surface area contributed by atoms with Crippen molar-refractivity contribution < 1.29 is 9.59 Å². The first-order valence-corrected chi connectivity index (χ1v) is 7.18. The number of carbonyl (C=O) groups is 2. The topological polar surface area (TPSA) is 67.2 Å². The van der Waals surface area contributed by atoms with E-state index in [2.05, 4.69) is 26.3 Å². The highest BCUT2D eigenvalue weighted by Crippen LogP contribution is 2.25. The van der Waals surface area contributed by atoms with Gasteiger partial charge in [0.15, 0.2) is 0 Å². The molecule has 2 aliphatic rings. The maximum Gasteiger partial charge on any atom is 0.227 e. The Bertz CT molecular complexity index is 500. The van der Waals surface area contributed by atoms with Gasteiger partial charge in [0.25, 0.3) is 0 Å². The van der Waals surface area contributed by atoms with Gasteiger partial charge in [0.2, 0.25) is 11.8 Å². The highest BCUT2D eigenvalue weighted by Gasteiger charge is 2.36. The Morgan fingerprint density at radius 2 is 2.26 bits per heavy atom. The van der Waals surface area contributed by atoms with Gasteiger partial charge in [-0.3, -0.25) is 14.3 Å². The van der Waals surface area contributed by atoms with Crippen molar-refractivity contribution in [1.29, 1.82) is 0 Å². The van der Waals surface area contributed by atoms with Crippen LogP contribution >= 0.6 is 15.9 Å². The minimum absolute atomic E-state index is 0.0481. The molecule has 1 aromatic heterocycles. The van der Waals surface area contributed by atoms with Crippen LogP contribution in [0.5, 0.6) is 0 Å². The van der Waals surface area contributed by atoms with Crippen molar-refractivity contribution in [3.8, 4) is 0 Å². The summed E-state index contributed by atoms with van der Waals surface area (Å²) in [5.74, 6) is 0.150. The first-order valence-electron chi connectivity index (χ1n) is 6.38. The quantitative estimate of drug-likeness (QED) is 0.863. The molecule has 2 saturated heterocycles. The number of hydrogen-bond donors (Lipinski definition) is 1. The molecule has 7 heteroatoms. The molecule has 2 amide bonds. The molecule has 1 unspecified atom stereocenters. The van der Waals surface area contributed by atoms with E-state index < -0.39 is 0 Å². The molecule has 1 N–H and O–H groups in total. The SMILES string of the molecule is O=C1CCC(C(=O)N2CC(n3cc(Br)cn3)C2)CN1. The zero-order valence-corrected chi connectivity index (χ0v) is 12.0. The number of rotatable bonds is 2. The highest BCUT2D eigenvalue weighted by atomic mass is 79.9. The number of nitrogens with zero attached hydrogens (tertiary/aromatic N) is 3. The number of aromatic nitrogens is 2. The summed E-state index contributed by atoms with van der Waals surface area (Å²) in [7, 11) is 0. The predicted octanol–water partition coefficient (Wildman–Crippen LogP) is 0.555. The van der Waals surface area contributed by atoms with Crippen LogP contribution in [0.4, 0.5) is 0 Å². The van der Waals surface area contributed by atoms with Crippen molar-refractivity contribution in [2.24, 2.45) is 5.92 Å². The minimum Gasteiger partial charge on any atom is -0.355 e. The lowest BCUT2D eigenvalue weighted by Crippen LogP contribution is -2.55. The van der Waals surface area contributed by atoms with Gasteiger partial charge >= 0.3 is 0 Å². The van der Waals surface area contributed by atoms with E-state index in [0.717, 1.165) is 4.47 Å². The van der Waals surface area contributed by atoms with E-state index >= 15 is 0 Å². The first-order chi connectivity index (χ1) is 9.13. The Labute approximate surface area is 119 Å². The van der Waals surface area contributed by atoms with E-state index in [1.165, 1.54) is 0 Å². The van der Waals surface area contributed by atoms with Gasteiger partial charge in [0, 0.05) is 32.3 Å². The number of nitrogens with one attached hydrogen (secondary N) is 1. The number of amides is 2. The minimum atomic E-state index is -0.0528. The summed E-state index contributed by atoms with van der Waals surface area (Å²) < 4.78 is 2.84. The van der Waals surface area contributed by atoms with E-state index in [1.807, 2.05) is 15.8 Å². The van der Waals surface area contributed by atoms with E-state index in [4.69, 9.17) is 0 Å². The van der Waals surface area contributed by atoms with Gasteiger partial charge in [-0.2, -0.15) is 5.10 Å². The van der Waals surface area contributed by atoms with Crippen molar-refractivity contribution in [2.75, 3.05) is 19.6 Å². The molecule has 0 radical (unpaired) electrons. The summed E-state index contributed by atoms with van der Waals surface area (Å²) in [4.78, 5) is 25.1. The van der Waals surface area contributed by atoms with Gasteiger partial charge in [-0.15, -0.1) is 0 Å². The van der Waals surface area contributed by atoms with Gasteiger partial charge in [-0.25, -0.2) is 0 Å². The molecule has 0 bridgehead atoms. The number of hydrogen-bond acceptors (Lipinski definition) is 3. The molecule has 6 nitrogen and oxygen atoms in total. The first kappa shape index (κ1) is 12.7. The number of likely N-dealkylation sites (tertiary alicyclic amines) is 1. The molecular weight excluding hydrogens is 312 g/mol. The van der Waals surface area contributed by atoms with Crippen LogP contribution in [0.2, 0.25) is 0 Å². The van der Waals surface area contributed by atoms with Gasteiger partial charge in [0.05, 0.1) is 22.6 Å². The van der Waals surface area contributed by atoms with Crippen LogP contribution < -0.4 is 5.32 Å². The van der Waals surface area contributed by atoms with Crippen LogP contribution in [0.3, 0.4) is 0 Å². The smallest absolute Gasteiger partial charge is 0.227 e. The lowest BCUT2D eigenvalue weighted by molar-refractivity contribution is -0.143. The summed E-state index contributed by atoms with van der Waals surface area (Å²) in [5, 5.41) is 6.98. The lowest BCUT2D eigenvalue weighted by atomic mass is 9.95. The van der Waals surface area contributed by atoms with Gasteiger partial charge in [-0.05, 0) is 22.4 Å². The molecule has 0 saturated carbocycles. The highest BCUT2D eigenvalue weighted by molar-refractivity contribution is 9.10. The van der Waals surface area contributed by atoms with Gasteiger partial charge < -0.3 is 10.2 Å². The third-order valence-electron chi connectivity index (χ3n) is 3.73. The van der Waals surface area contributed by atoms with Crippen LogP contribution in [-0.2, 0) is 9.59 Å². The molecule has 3 heterocycles. The van der Waals surface area contributed by atoms with Gasteiger partial charge in [0.1, 0.15) is 0 Å². The maximum absolute atomic E-state index is 12.2. The monoisotopic (exact) mass is 326 g/mol. The molecule has 0 aliphatic carbocycles. The molecule has 1 aromatic rings. The second kappa shape index (κ2) is 4.96. The number of halogens is 1. The average Bonchev–Trinajstić information content (AvgIpc) is 2.74. The van der Waals surface area contributed by atoms with Crippen molar-refractivity contribution in [3.63, 3.8) is 0 Å². The summed E-state index contributed by atoms with van der Waals surface area (Å²) in [6.07, 6.45) is 4.80. The maximum atomic E-state index is 12.2. The molecule has 2 fully saturated rings. The van der Waals surface area contributed by atoms with Crippen LogP contribution in [0.25, 0.3) is 0 Å². The summed E-state index contributed by atoms with van der Waals surface area (Å²) in [6, 6.07) is 0.272. The lowest BCUT2D eigenvalue weighted by Gasteiger charge is -2.41. The molecule has 2 aliphatic heterocycles. The second-order valence-corrected chi connectivity index (χ2v) is 5.99. The Morgan fingerprint density at radius 3 is 2.84 bits per heavy atom. The third-order valence-corrected chi connectivity index (χ3v) is 4.14. The molecule has 0 spiro atoms. The van der Waals surface area contributed by atoms with Crippen molar-refractivity contribution >= 4 is 27.7 Å². The van der Waals surface area contributed by atoms with E-state index in [0.29, 0.717) is 32.5 Å². The summed E-state index contributed by atoms with van der Waals surface area (Å²) in [6.45, 7) is 1.89. The molecule has 0 aromatic carbocycles. The predicted molar refractivity (Wildman–Crippen MR) is 71.3 cm³/mol. The summed E-state index contributed by atoms with van der Waals surface area (Å²) >= 11 is 3.36. The van der Waals surface area contributed by atoms with Crippen molar-refractivity contribution in [3.05, 3.63) is 16.9 Å². The average molecular weight is 327 g/mol. The largest absolute Gasteiger partial charge is 0.355 e. The third kappa shape index (κ3) is 2.51. The molecule has 1 atom stereocenters. The van der Waals surface area contributed by atoms with Crippen molar-refractivity contribution in [2.45, 2.75) is 18.9 Å². The Balaban J connectivity index is 1.53. The standard InChI is InChI=1S/C12H15BrN4O2/c13-9-4-15-17(5-9)10-6-16(7-10)12(19)8-1-2-11(18)14-3-8/h4-5,8,10H,1-3,6-7H2,(H,14,18). The van der Waals surface area contributed by atoms with Crippen LogP contribution in [0, 0.1) is 5.92 Å². The molecule has 3 rings (SSSR count). The molecule has 102 valence electrons. The Morgan fingerprint density at radius 1 is 1.47 bits per heavy atom. The molecular formula is C12H15BrN4O2. The second-order valence-electron chi connectivity index (χ2n) is 5.08.